The van der Waals surface area contributed by atoms with Gasteiger partial charge < -0.3 is 5.32 Å². The second kappa shape index (κ2) is 4.68. The molecule has 0 saturated heterocycles. The van der Waals surface area contributed by atoms with Crippen molar-refractivity contribution in [1.29, 1.82) is 0 Å². The van der Waals surface area contributed by atoms with Gasteiger partial charge in [0, 0.05) is 7.05 Å². The lowest BCUT2D eigenvalue weighted by molar-refractivity contribution is -0.120. The molecule has 0 saturated carbocycles. The van der Waals surface area contributed by atoms with E-state index < -0.39 is 0 Å². The molecule has 0 radical (unpaired) electrons. The van der Waals surface area contributed by atoms with Gasteiger partial charge in [0.25, 0.3) is 0 Å². The molecular formula is C6H13NOS. The van der Waals surface area contributed by atoms with E-state index in [4.69, 9.17) is 0 Å². The summed E-state index contributed by atoms with van der Waals surface area (Å²) in [6.07, 6.45) is 2.85. The molecule has 0 aromatic carbocycles. The van der Waals surface area contributed by atoms with Gasteiger partial charge in [-0.2, -0.15) is 11.8 Å². The largest absolute Gasteiger partial charge is 0.358 e. The monoisotopic (exact) mass is 147 g/mol. The van der Waals surface area contributed by atoms with Crippen molar-refractivity contribution in [3.8, 4) is 0 Å². The number of amides is 1. The van der Waals surface area contributed by atoms with Crippen LogP contribution < -0.4 is 5.32 Å². The van der Waals surface area contributed by atoms with Crippen LogP contribution >= 0.6 is 11.8 Å². The van der Waals surface area contributed by atoms with Crippen LogP contribution in [0, 0.1) is 0 Å². The average Bonchev–Trinajstić information content (AvgIpc) is 1.90. The molecule has 0 bridgehead atoms. The molecule has 1 atom stereocenters. The summed E-state index contributed by atoms with van der Waals surface area (Å²) >= 11 is 1.59. The van der Waals surface area contributed by atoms with Crippen LogP contribution in [0.5, 0.6) is 0 Å². The second-order valence-corrected chi connectivity index (χ2v) is 2.79. The Bertz CT molecular complexity index is 91.1. The van der Waals surface area contributed by atoms with Gasteiger partial charge in [0.15, 0.2) is 0 Å². The maximum absolute atomic E-state index is 10.8. The fraction of sp³-hybridized carbons (Fsp3) is 0.833. The number of carbonyl (C=O) groups is 1. The summed E-state index contributed by atoms with van der Waals surface area (Å²) in [7, 11) is 1.67. The highest BCUT2D eigenvalue weighted by molar-refractivity contribution is 7.99. The molecule has 0 aromatic rings. The van der Waals surface area contributed by atoms with E-state index in [2.05, 4.69) is 5.32 Å². The van der Waals surface area contributed by atoms with Gasteiger partial charge in [0.1, 0.15) is 0 Å². The van der Waals surface area contributed by atoms with Crippen LogP contribution in [0.3, 0.4) is 0 Å². The summed E-state index contributed by atoms with van der Waals surface area (Å²) in [5.41, 5.74) is 0. The fourth-order valence-corrected chi connectivity index (χ4v) is 1.29. The van der Waals surface area contributed by atoms with E-state index in [0.717, 1.165) is 6.42 Å². The third-order valence-electron chi connectivity index (χ3n) is 1.19. The second-order valence-electron chi connectivity index (χ2n) is 1.75. The molecule has 0 aromatic heterocycles. The normalized spacial score (nSPS) is 12.8. The first-order valence-electron chi connectivity index (χ1n) is 3.00. The van der Waals surface area contributed by atoms with Crippen molar-refractivity contribution in [2.45, 2.75) is 18.6 Å². The first-order chi connectivity index (χ1) is 4.26. The van der Waals surface area contributed by atoms with E-state index in [1.54, 1.807) is 18.8 Å². The molecule has 0 aliphatic heterocycles. The highest BCUT2D eigenvalue weighted by Gasteiger charge is 2.11. The highest BCUT2D eigenvalue weighted by atomic mass is 32.2. The van der Waals surface area contributed by atoms with Crippen molar-refractivity contribution >= 4 is 17.7 Å². The number of rotatable bonds is 3. The third-order valence-corrected chi connectivity index (χ3v) is 2.31. The minimum absolute atomic E-state index is 0.130. The van der Waals surface area contributed by atoms with E-state index in [-0.39, 0.29) is 11.2 Å². The van der Waals surface area contributed by atoms with Gasteiger partial charge in [-0.25, -0.2) is 0 Å². The quantitative estimate of drug-likeness (QED) is 0.642. The summed E-state index contributed by atoms with van der Waals surface area (Å²) in [4.78, 5) is 10.8. The summed E-state index contributed by atoms with van der Waals surface area (Å²) in [5, 5.41) is 2.74. The summed E-state index contributed by atoms with van der Waals surface area (Å²) in [6.45, 7) is 2.01. The summed E-state index contributed by atoms with van der Waals surface area (Å²) in [5.74, 6) is 0.130. The van der Waals surface area contributed by atoms with Crippen LogP contribution in [-0.2, 0) is 4.79 Å². The van der Waals surface area contributed by atoms with Gasteiger partial charge in [-0.1, -0.05) is 6.92 Å². The topological polar surface area (TPSA) is 29.1 Å². The van der Waals surface area contributed by atoms with Crippen molar-refractivity contribution in [3.63, 3.8) is 0 Å². The maximum atomic E-state index is 10.8. The molecule has 0 fully saturated rings. The van der Waals surface area contributed by atoms with Gasteiger partial charge in [-0.3, -0.25) is 4.79 Å². The maximum Gasteiger partial charge on any atom is 0.232 e. The number of nitrogens with one attached hydrogen (secondary N) is 1. The van der Waals surface area contributed by atoms with E-state index in [9.17, 15) is 4.79 Å². The minimum atomic E-state index is 0.130. The fourth-order valence-electron chi connectivity index (χ4n) is 0.620. The van der Waals surface area contributed by atoms with E-state index in [0.29, 0.717) is 0 Å². The molecular weight excluding hydrogens is 134 g/mol. The number of hydrogen-bond donors (Lipinski definition) is 1. The third kappa shape index (κ3) is 2.75. The van der Waals surface area contributed by atoms with Crippen LogP contribution in [0.2, 0.25) is 0 Å². The van der Waals surface area contributed by atoms with Gasteiger partial charge in [-0.05, 0) is 12.7 Å². The van der Waals surface area contributed by atoms with Crippen molar-refractivity contribution in [2.24, 2.45) is 0 Å². The van der Waals surface area contributed by atoms with E-state index in [1.807, 2.05) is 13.2 Å². The lowest BCUT2D eigenvalue weighted by atomic mass is 10.3. The molecule has 2 nitrogen and oxygen atoms in total. The van der Waals surface area contributed by atoms with Crippen LogP contribution in [-0.4, -0.2) is 24.5 Å². The van der Waals surface area contributed by atoms with Gasteiger partial charge >= 0.3 is 0 Å². The summed E-state index contributed by atoms with van der Waals surface area (Å²) in [6, 6.07) is 0. The number of hydrogen-bond acceptors (Lipinski definition) is 2. The smallest absolute Gasteiger partial charge is 0.232 e. The van der Waals surface area contributed by atoms with Crippen LogP contribution in [0.25, 0.3) is 0 Å². The Morgan fingerprint density at radius 1 is 1.78 bits per heavy atom. The van der Waals surface area contributed by atoms with Gasteiger partial charge in [0.05, 0.1) is 5.25 Å². The number of carbonyl (C=O) groups excluding carboxylic acids is 1. The lowest BCUT2D eigenvalue weighted by Crippen LogP contribution is -2.28. The lowest BCUT2D eigenvalue weighted by Gasteiger charge is -2.08. The Hall–Kier alpha value is -0.180. The molecule has 0 rings (SSSR count). The van der Waals surface area contributed by atoms with E-state index in [1.165, 1.54) is 0 Å². The Morgan fingerprint density at radius 3 is 2.44 bits per heavy atom. The first kappa shape index (κ1) is 8.82. The first-order valence-corrected chi connectivity index (χ1v) is 4.29. The molecule has 54 valence electrons. The molecule has 0 aliphatic rings. The molecule has 0 heterocycles. The predicted molar refractivity (Wildman–Crippen MR) is 41.7 cm³/mol. The van der Waals surface area contributed by atoms with Crippen molar-refractivity contribution in [1.82, 2.24) is 5.32 Å². The molecule has 1 N–H and O–H groups in total. The zero-order valence-corrected chi connectivity index (χ0v) is 6.92. The SMILES string of the molecule is CCC(SC)C(=O)NC. The zero-order valence-electron chi connectivity index (χ0n) is 6.10. The Balaban J connectivity index is 3.64. The summed E-state index contributed by atoms with van der Waals surface area (Å²) < 4.78 is 0. The molecule has 3 heteroatoms. The molecule has 9 heavy (non-hydrogen) atoms. The molecule has 0 spiro atoms. The van der Waals surface area contributed by atoms with Crippen molar-refractivity contribution in [3.05, 3.63) is 0 Å². The Labute approximate surface area is 60.4 Å². The number of thioether (sulfide) groups is 1. The molecule has 0 aliphatic carbocycles. The average molecular weight is 147 g/mol. The standard InChI is InChI=1S/C6H13NOS/c1-4-5(9-3)6(8)7-2/h5H,4H2,1-3H3,(H,7,8). The van der Waals surface area contributed by atoms with Crippen LogP contribution in [0.15, 0.2) is 0 Å². The Kier molecular flexibility index (Phi) is 4.58. The van der Waals surface area contributed by atoms with E-state index >= 15 is 0 Å². The molecule has 1 unspecified atom stereocenters. The van der Waals surface area contributed by atoms with Gasteiger partial charge in [-0.15, -0.1) is 0 Å². The molecule has 1 amide bonds. The van der Waals surface area contributed by atoms with Crippen molar-refractivity contribution < 1.29 is 4.79 Å². The van der Waals surface area contributed by atoms with Crippen LogP contribution in [0.1, 0.15) is 13.3 Å². The highest BCUT2D eigenvalue weighted by Crippen LogP contribution is 2.09. The predicted octanol–water partition coefficient (Wildman–Crippen LogP) is 0.874. The van der Waals surface area contributed by atoms with Crippen LogP contribution in [0.4, 0.5) is 0 Å². The zero-order chi connectivity index (χ0) is 7.28. The van der Waals surface area contributed by atoms with Gasteiger partial charge in [0.2, 0.25) is 5.91 Å². The van der Waals surface area contributed by atoms with Crippen molar-refractivity contribution in [2.75, 3.05) is 13.3 Å². The Morgan fingerprint density at radius 2 is 2.33 bits per heavy atom. The minimum Gasteiger partial charge on any atom is -0.358 e.